The average Bonchev–Trinajstić information content (AvgIpc) is 2.92. The number of carbonyl (C=O) groups is 1. The topological polar surface area (TPSA) is 76.0 Å². The van der Waals surface area contributed by atoms with Crippen molar-refractivity contribution in [1.82, 2.24) is 0 Å². The maximum absolute atomic E-state index is 11.9. The molecule has 0 bridgehead atoms. The number of ether oxygens (including phenoxy) is 2. The fourth-order valence-electron chi connectivity index (χ4n) is 6.75. The molecule has 0 aromatic carbocycles. The number of rotatable bonds is 3. The Balaban J connectivity index is 2.10. The second kappa shape index (κ2) is 6.30. The molecule has 2 saturated carbocycles. The summed E-state index contributed by atoms with van der Waals surface area (Å²) in [7, 11) is 0. The lowest BCUT2D eigenvalue weighted by atomic mass is 9.44. The number of aliphatic hydroxyl groups excluding tert-OH is 1. The lowest BCUT2D eigenvalue weighted by Crippen LogP contribution is -2.69. The SMILES string of the molecule is C=CC(C)(O)C1CC2C3(C)CCCC(C)(C)C3C(OC(C)=O)C(O)C2(C)O1. The molecule has 0 spiro atoms. The number of esters is 1. The van der Waals surface area contributed by atoms with E-state index in [-0.39, 0.29) is 28.6 Å². The molecule has 8 atom stereocenters. The molecule has 3 aliphatic rings. The predicted molar refractivity (Wildman–Crippen MR) is 103 cm³/mol. The van der Waals surface area contributed by atoms with E-state index >= 15 is 0 Å². The first-order valence-electron chi connectivity index (χ1n) is 10.2. The molecule has 0 aromatic rings. The van der Waals surface area contributed by atoms with Gasteiger partial charge in [0, 0.05) is 12.8 Å². The summed E-state index contributed by atoms with van der Waals surface area (Å²) < 4.78 is 12.1. The highest BCUT2D eigenvalue weighted by atomic mass is 16.6. The molecule has 27 heavy (non-hydrogen) atoms. The van der Waals surface area contributed by atoms with Gasteiger partial charge in [0.2, 0.25) is 0 Å². The van der Waals surface area contributed by atoms with E-state index < -0.39 is 29.5 Å². The number of hydrogen-bond acceptors (Lipinski definition) is 5. The van der Waals surface area contributed by atoms with Gasteiger partial charge in [-0.2, -0.15) is 0 Å². The van der Waals surface area contributed by atoms with Gasteiger partial charge in [0.25, 0.3) is 0 Å². The monoisotopic (exact) mass is 380 g/mol. The Morgan fingerprint density at radius 3 is 2.48 bits per heavy atom. The zero-order valence-electron chi connectivity index (χ0n) is 17.6. The normalized spacial score (nSPS) is 48.1. The van der Waals surface area contributed by atoms with E-state index in [1.165, 1.54) is 13.0 Å². The van der Waals surface area contributed by atoms with E-state index in [9.17, 15) is 15.0 Å². The van der Waals surface area contributed by atoms with Gasteiger partial charge in [0.15, 0.2) is 0 Å². The highest BCUT2D eigenvalue weighted by molar-refractivity contribution is 5.66. The summed E-state index contributed by atoms with van der Waals surface area (Å²) in [4.78, 5) is 11.9. The van der Waals surface area contributed by atoms with Crippen LogP contribution in [0.15, 0.2) is 12.7 Å². The van der Waals surface area contributed by atoms with Crippen LogP contribution in [0.3, 0.4) is 0 Å². The number of carbonyl (C=O) groups excluding carboxylic acids is 1. The number of hydrogen-bond donors (Lipinski definition) is 2. The summed E-state index contributed by atoms with van der Waals surface area (Å²) in [6, 6.07) is 0. The standard InChI is InChI=1S/C22H36O5/c1-8-21(6,25)15-12-14-20(5)11-9-10-19(3,4)17(20)16(26-13(2)23)18(24)22(14,7)27-15/h8,14-18,24-25H,1,9-12H2,2-7H3. The van der Waals surface area contributed by atoms with Gasteiger partial charge < -0.3 is 19.7 Å². The highest BCUT2D eigenvalue weighted by Crippen LogP contribution is 2.66. The number of aliphatic hydroxyl groups is 2. The first-order chi connectivity index (χ1) is 12.3. The van der Waals surface area contributed by atoms with E-state index in [2.05, 4.69) is 27.4 Å². The van der Waals surface area contributed by atoms with Crippen LogP contribution < -0.4 is 0 Å². The third-order valence-corrected chi connectivity index (χ3v) is 8.02. The van der Waals surface area contributed by atoms with Crippen LogP contribution in [0.5, 0.6) is 0 Å². The summed E-state index contributed by atoms with van der Waals surface area (Å²) in [5.74, 6) is -0.281. The third-order valence-electron chi connectivity index (χ3n) is 8.02. The van der Waals surface area contributed by atoms with Crippen LogP contribution in [-0.2, 0) is 14.3 Å². The second-order valence-electron chi connectivity index (χ2n) is 10.4. The first kappa shape index (κ1) is 20.8. The summed E-state index contributed by atoms with van der Waals surface area (Å²) in [6.45, 7) is 15.5. The summed E-state index contributed by atoms with van der Waals surface area (Å²) in [6.07, 6.45) is 3.30. The smallest absolute Gasteiger partial charge is 0.303 e. The fraction of sp³-hybridized carbons (Fsp3) is 0.864. The van der Waals surface area contributed by atoms with Gasteiger partial charge >= 0.3 is 5.97 Å². The Bertz CT molecular complexity index is 626. The second-order valence-corrected chi connectivity index (χ2v) is 10.4. The summed E-state index contributed by atoms with van der Waals surface area (Å²) in [5, 5.41) is 22.1. The van der Waals surface area contributed by atoms with Crippen molar-refractivity contribution in [1.29, 1.82) is 0 Å². The Kier molecular flexibility index (Phi) is 4.85. The molecule has 2 N–H and O–H groups in total. The molecule has 1 aliphatic heterocycles. The fourth-order valence-corrected chi connectivity index (χ4v) is 6.75. The Morgan fingerprint density at radius 1 is 1.30 bits per heavy atom. The van der Waals surface area contributed by atoms with Crippen LogP contribution >= 0.6 is 0 Å². The van der Waals surface area contributed by atoms with E-state index in [4.69, 9.17) is 9.47 Å². The van der Waals surface area contributed by atoms with Crippen molar-refractivity contribution in [2.75, 3.05) is 0 Å². The Labute approximate surface area is 163 Å². The Morgan fingerprint density at radius 2 is 1.93 bits per heavy atom. The maximum Gasteiger partial charge on any atom is 0.303 e. The van der Waals surface area contributed by atoms with Gasteiger partial charge in [0.05, 0.1) is 11.7 Å². The predicted octanol–water partition coefficient (Wildman–Crippen LogP) is 3.23. The largest absolute Gasteiger partial charge is 0.459 e. The summed E-state index contributed by atoms with van der Waals surface area (Å²) >= 11 is 0. The molecule has 154 valence electrons. The van der Waals surface area contributed by atoms with Crippen molar-refractivity contribution in [3.63, 3.8) is 0 Å². The minimum absolute atomic E-state index is 0.0340. The van der Waals surface area contributed by atoms with Gasteiger partial charge in [-0.1, -0.05) is 33.3 Å². The summed E-state index contributed by atoms with van der Waals surface area (Å²) in [5.41, 5.74) is -2.26. The first-order valence-corrected chi connectivity index (χ1v) is 10.2. The van der Waals surface area contributed by atoms with Crippen LogP contribution in [0.2, 0.25) is 0 Å². The molecule has 1 heterocycles. The van der Waals surface area contributed by atoms with Crippen LogP contribution in [0.25, 0.3) is 0 Å². The number of fused-ring (bicyclic) bond motifs is 3. The van der Waals surface area contributed by atoms with Crippen molar-refractivity contribution in [2.24, 2.45) is 22.7 Å². The molecular formula is C22H36O5. The van der Waals surface area contributed by atoms with Crippen molar-refractivity contribution in [3.05, 3.63) is 12.7 Å². The van der Waals surface area contributed by atoms with Crippen molar-refractivity contribution in [2.45, 2.75) is 96.7 Å². The molecule has 0 amide bonds. The molecule has 0 aromatic heterocycles. The lowest BCUT2D eigenvalue weighted by molar-refractivity contribution is -0.267. The van der Waals surface area contributed by atoms with Gasteiger partial charge in [-0.15, -0.1) is 6.58 Å². The minimum Gasteiger partial charge on any atom is -0.459 e. The van der Waals surface area contributed by atoms with E-state index in [1.807, 2.05) is 6.92 Å². The highest BCUT2D eigenvalue weighted by Gasteiger charge is 2.70. The zero-order valence-corrected chi connectivity index (χ0v) is 17.6. The molecule has 8 unspecified atom stereocenters. The van der Waals surface area contributed by atoms with Crippen molar-refractivity contribution in [3.8, 4) is 0 Å². The van der Waals surface area contributed by atoms with Gasteiger partial charge in [-0.05, 0) is 49.9 Å². The third kappa shape index (κ3) is 2.97. The van der Waals surface area contributed by atoms with Gasteiger partial charge in [-0.3, -0.25) is 4.79 Å². The Hall–Kier alpha value is -0.910. The molecule has 5 nitrogen and oxygen atoms in total. The molecule has 5 heteroatoms. The molecule has 0 radical (unpaired) electrons. The minimum atomic E-state index is -1.17. The van der Waals surface area contributed by atoms with E-state index in [0.29, 0.717) is 6.42 Å². The molecule has 2 aliphatic carbocycles. The van der Waals surface area contributed by atoms with Crippen molar-refractivity contribution >= 4 is 5.97 Å². The van der Waals surface area contributed by atoms with Crippen LogP contribution in [0.4, 0.5) is 0 Å². The quantitative estimate of drug-likeness (QED) is 0.581. The maximum atomic E-state index is 11.9. The molecule has 3 rings (SSSR count). The van der Waals surface area contributed by atoms with Crippen molar-refractivity contribution < 1.29 is 24.5 Å². The van der Waals surface area contributed by atoms with Crippen LogP contribution in [-0.4, -0.2) is 45.7 Å². The van der Waals surface area contributed by atoms with Crippen LogP contribution in [0, 0.1) is 22.7 Å². The molecule has 3 fully saturated rings. The average molecular weight is 381 g/mol. The van der Waals surface area contributed by atoms with E-state index in [1.54, 1.807) is 6.92 Å². The lowest BCUT2D eigenvalue weighted by Gasteiger charge is -2.63. The molecule has 1 saturated heterocycles. The van der Waals surface area contributed by atoms with Gasteiger partial charge in [-0.25, -0.2) is 0 Å². The van der Waals surface area contributed by atoms with E-state index in [0.717, 1.165) is 19.3 Å². The zero-order chi connectivity index (χ0) is 20.4. The molecular weight excluding hydrogens is 344 g/mol. The van der Waals surface area contributed by atoms with Crippen LogP contribution in [0.1, 0.15) is 67.2 Å². The van der Waals surface area contributed by atoms with Gasteiger partial charge in [0.1, 0.15) is 17.8 Å².